The van der Waals surface area contributed by atoms with Crippen LogP contribution in [0.25, 0.3) is 11.0 Å². The molecule has 104 valence electrons. The number of anilines is 1. The summed E-state index contributed by atoms with van der Waals surface area (Å²) < 4.78 is 6.90. The van der Waals surface area contributed by atoms with E-state index in [1.807, 2.05) is 43.3 Å². The largest absolute Gasteiger partial charge is 0.459 e. The van der Waals surface area contributed by atoms with Gasteiger partial charge in [-0.05, 0) is 55.5 Å². The minimum absolute atomic E-state index is 0.0455. The number of halogens is 1. The van der Waals surface area contributed by atoms with Crippen LogP contribution in [0.15, 0.2) is 57.4 Å². The molecule has 0 saturated heterocycles. The third-order valence-corrected chi connectivity index (χ3v) is 3.81. The predicted octanol–water partition coefficient (Wildman–Crippen LogP) is 5.24. The summed E-state index contributed by atoms with van der Waals surface area (Å²) in [5.41, 5.74) is 2.49. The van der Waals surface area contributed by atoms with Gasteiger partial charge in [0.25, 0.3) is 0 Å². The molecule has 3 aromatic rings. The lowest BCUT2D eigenvalue weighted by Crippen LogP contribution is -2.05. The Morgan fingerprint density at radius 3 is 2.62 bits per heavy atom. The van der Waals surface area contributed by atoms with E-state index in [2.05, 4.69) is 27.3 Å². The van der Waals surface area contributed by atoms with Gasteiger partial charge in [0.1, 0.15) is 11.3 Å². The smallest absolute Gasteiger partial charge is 0.134 e. The lowest BCUT2D eigenvalue weighted by Gasteiger charge is -2.12. The van der Waals surface area contributed by atoms with Gasteiger partial charge in [0.15, 0.2) is 0 Å². The molecule has 0 aliphatic heterocycles. The first-order valence-corrected chi connectivity index (χ1v) is 7.41. The van der Waals surface area contributed by atoms with Crippen LogP contribution < -0.4 is 5.32 Å². The maximum Gasteiger partial charge on any atom is 0.134 e. The molecule has 0 amide bonds. The van der Waals surface area contributed by atoms with Gasteiger partial charge in [0.2, 0.25) is 0 Å². The van der Waals surface area contributed by atoms with Crippen LogP contribution in [0.3, 0.4) is 0 Å². The number of nitrogens with zero attached hydrogens (tertiary/aromatic N) is 1. The van der Waals surface area contributed by atoms with Crippen molar-refractivity contribution in [3.63, 3.8) is 0 Å². The van der Waals surface area contributed by atoms with Crippen molar-refractivity contribution in [1.82, 2.24) is 0 Å². The molecule has 0 fully saturated rings. The van der Waals surface area contributed by atoms with Crippen LogP contribution in [0, 0.1) is 11.3 Å². The van der Waals surface area contributed by atoms with Crippen molar-refractivity contribution >= 4 is 32.6 Å². The SMILES string of the molecule is CC(Nc1ccc(C#N)cc1)c1cc2cc(Br)ccc2o1. The van der Waals surface area contributed by atoms with Gasteiger partial charge in [-0.25, -0.2) is 0 Å². The van der Waals surface area contributed by atoms with E-state index in [4.69, 9.17) is 9.68 Å². The quantitative estimate of drug-likeness (QED) is 0.709. The van der Waals surface area contributed by atoms with Crippen LogP contribution in [0.5, 0.6) is 0 Å². The molecule has 2 aromatic carbocycles. The highest BCUT2D eigenvalue weighted by atomic mass is 79.9. The third-order valence-electron chi connectivity index (χ3n) is 3.32. The Kier molecular flexibility index (Phi) is 3.68. The number of furan rings is 1. The topological polar surface area (TPSA) is 49.0 Å². The minimum atomic E-state index is 0.0455. The fraction of sp³-hybridized carbons (Fsp3) is 0.118. The minimum Gasteiger partial charge on any atom is -0.459 e. The van der Waals surface area contributed by atoms with Crippen LogP contribution in [-0.4, -0.2) is 0 Å². The normalized spacial score (nSPS) is 12.0. The molecule has 1 heterocycles. The van der Waals surface area contributed by atoms with E-state index in [1.165, 1.54) is 0 Å². The summed E-state index contributed by atoms with van der Waals surface area (Å²) in [4.78, 5) is 0. The Hall–Kier alpha value is -2.25. The molecule has 0 spiro atoms. The highest BCUT2D eigenvalue weighted by Gasteiger charge is 2.11. The van der Waals surface area contributed by atoms with Gasteiger partial charge in [0.05, 0.1) is 17.7 Å². The van der Waals surface area contributed by atoms with E-state index in [-0.39, 0.29) is 6.04 Å². The van der Waals surface area contributed by atoms with Crippen LogP contribution in [-0.2, 0) is 0 Å². The van der Waals surface area contributed by atoms with Gasteiger partial charge < -0.3 is 9.73 Å². The molecule has 3 rings (SSSR count). The number of benzene rings is 2. The van der Waals surface area contributed by atoms with Crippen molar-refractivity contribution < 1.29 is 4.42 Å². The first-order valence-electron chi connectivity index (χ1n) is 6.61. The van der Waals surface area contributed by atoms with Crippen molar-refractivity contribution in [1.29, 1.82) is 5.26 Å². The van der Waals surface area contributed by atoms with Crippen molar-refractivity contribution in [3.8, 4) is 6.07 Å². The molecule has 0 saturated carbocycles. The molecule has 0 aliphatic carbocycles. The molecular formula is C17H13BrN2O. The second kappa shape index (κ2) is 5.63. The summed E-state index contributed by atoms with van der Waals surface area (Å²) >= 11 is 3.46. The second-order valence-corrected chi connectivity index (χ2v) is 5.80. The number of rotatable bonds is 3. The van der Waals surface area contributed by atoms with E-state index in [0.717, 1.165) is 26.9 Å². The van der Waals surface area contributed by atoms with Gasteiger partial charge in [-0.3, -0.25) is 0 Å². The van der Waals surface area contributed by atoms with E-state index in [9.17, 15) is 0 Å². The van der Waals surface area contributed by atoms with Gasteiger partial charge in [0, 0.05) is 15.5 Å². The zero-order chi connectivity index (χ0) is 14.8. The number of fused-ring (bicyclic) bond motifs is 1. The average molecular weight is 341 g/mol. The molecular weight excluding hydrogens is 328 g/mol. The molecule has 1 N–H and O–H groups in total. The van der Waals surface area contributed by atoms with Gasteiger partial charge in [-0.2, -0.15) is 5.26 Å². The molecule has 0 aliphatic rings. The first kappa shape index (κ1) is 13.7. The monoisotopic (exact) mass is 340 g/mol. The maximum absolute atomic E-state index is 8.80. The standard InChI is InChI=1S/C17H13BrN2O/c1-11(20-15-5-2-12(10-19)3-6-15)17-9-13-8-14(18)4-7-16(13)21-17/h2-9,11,20H,1H3. The van der Waals surface area contributed by atoms with Crippen LogP contribution in [0.1, 0.15) is 24.3 Å². The highest BCUT2D eigenvalue weighted by molar-refractivity contribution is 9.10. The zero-order valence-corrected chi connectivity index (χ0v) is 13.0. The molecule has 1 unspecified atom stereocenters. The fourth-order valence-electron chi connectivity index (χ4n) is 2.21. The van der Waals surface area contributed by atoms with Crippen molar-refractivity contribution in [2.75, 3.05) is 5.32 Å². The van der Waals surface area contributed by atoms with Gasteiger partial charge >= 0.3 is 0 Å². The van der Waals surface area contributed by atoms with Crippen LogP contribution in [0.2, 0.25) is 0 Å². The Bertz CT molecular complexity index is 815. The number of nitriles is 1. The Morgan fingerprint density at radius 1 is 1.14 bits per heavy atom. The Morgan fingerprint density at radius 2 is 1.90 bits per heavy atom. The summed E-state index contributed by atoms with van der Waals surface area (Å²) in [7, 11) is 0. The van der Waals surface area contributed by atoms with Gasteiger partial charge in [-0.1, -0.05) is 15.9 Å². The zero-order valence-electron chi connectivity index (χ0n) is 11.4. The molecule has 0 bridgehead atoms. The summed E-state index contributed by atoms with van der Waals surface area (Å²) in [5, 5.41) is 13.2. The van der Waals surface area contributed by atoms with Crippen molar-refractivity contribution in [3.05, 3.63) is 64.3 Å². The van der Waals surface area contributed by atoms with E-state index in [1.54, 1.807) is 12.1 Å². The summed E-state index contributed by atoms with van der Waals surface area (Å²) in [6.07, 6.45) is 0. The van der Waals surface area contributed by atoms with Crippen LogP contribution >= 0.6 is 15.9 Å². The molecule has 1 aromatic heterocycles. The first-order chi connectivity index (χ1) is 10.2. The van der Waals surface area contributed by atoms with Gasteiger partial charge in [-0.15, -0.1) is 0 Å². The molecule has 21 heavy (non-hydrogen) atoms. The van der Waals surface area contributed by atoms with Crippen molar-refractivity contribution in [2.45, 2.75) is 13.0 Å². The molecule has 3 nitrogen and oxygen atoms in total. The molecule has 1 atom stereocenters. The van der Waals surface area contributed by atoms with E-state index < -0.39 is 0 Å². The Balaban J connectivity index is 1.82. The Labute approximate surface area is 131 Å². The van der Waals surface area contributed by atoms with Crippen LogP contribution in [0.4, 0.5) is 5.69 Å². The summed E-state index contributed by atoms with van der Waals surface area (Å²) in [6, 6.07) is 17.5. The predicted molar refractivity (Wildman–Crippen MR) is 87.1 cm³/mol. The lowest BCUT2D eigenvalue weighted by atomic mass is 10.2. The second-order valence-electron chi connectivity index (χ2n) is 4.89. The summed E-state index contributed by atoms with van der Waals surface area (Å²) in [6.45, 7) is 2.05. The van der Waals surface area contributed by atoms with E-state index in [0.29, 0.717) is 5.56 Å². The van der Waals surface area contributed by atoms with E-state index >= 15 is 0 Å². The molecule has 0 radical (unpaired) electrons. The maximum atomic E-state index is 8.80. The number of nitrogens with one attached hydrogen (secondary N) is 1. The number of hydrogen-bond donors (Lipinski definition) is 1. The lowest BCUT2D eigenvalue weighted by molar-refractivity contribution is 0.526. The highest BCUT2D eigenvalue weighted by Crippen LogP contribution is 2.28. The average Bonchev–Trinajstić information content (AvgIpc) is 2.91. The molecule has 4 heteroatoms. The fourth-order valence-corrected chi connectivity index (χ4v) is 2.59. The summed E-state index contributed by atoms with van der Waals surface area (Å²) in [5.74, 6) is 0.882. The van der Waals surface area contributed by atoms with Crippen molar-refractivity contribution in [2.24, 2.45) is 0 Å². The number of hydrogen-bond acceptors (Lipinski definition) is 3. The third kappa shape index (κ3) is 2.93.